The van der Waals surface area contributed by atoms with Gasteiger partial charge in [0, 0.05) is 25.1 Å². The second-order valence-corrected chi connectivity index (χ2v) is 19.2. The molecule has 1 saturated heterocycles. The molecule has 0 spiro atoms. The minimum Gasteiger partial charge on any atom is -0.471 e. The quantitative estimate of drug-likeness (QED) is 0.199. The SMILES string of the molecule is O=C(NC1CCCCC/C=C\C2CC2(C(=O)NS(=O)(=O)C2CC2)NC(=O)C2C[C@@H](Oc3nc(-c4ccccn4)nc4ccsc34)[C@H](CCCO)N2C1=O)OC1CCCC1. The highest BCUT2D eigenvalue weighted by atomic mass is 32.2. The molecule has 316 valence electrons. The molecule has 8 rings (SSSR count). The van der Waals surface area contributed by atoms with Crippen LogP contribution < -0.4 is 20.1 Å². The summed E-state index contributed by atoms with van der Waals surface area (Å²) in [6.45, 7) is -0.198. The van der Waals surface area contributed by atoms with Crippen LogP contribution in [0.15, 0.2) is 48.0 Å². The van der Waals surface area contributed by atoms with Crippen LogP contribution in [0, 0.1) is 5.92 Å². The molecule has 0 bridgehead atoms. The van der Waals surface area contributed by atoms with Gasteiger partial charge in [0.1, 0.15) is 40.2 Å². The number of aliphatic hydroxyl groups is 1. The number of fused-ring (bicyclic) bond motifs is 3. The number of hydrogen-bond acceptors (Lipinski definition) is 13. The van der Waals surface area contributed by atoms with Crippen molar-refractivity contribution < 1.29 is 42.2 Å². The summed E-state index contributed by atoms with van der Waals surface area (Å²) in [6.07, 6.45) is 11.7. The Labute approximate surface area is 347 Å². The van der Waals surface area contributed by atoms with Crippen molar-refractivity contribution in [2.45, 2.75) is 137 Å². The van der Waals surface area contributed by atoms with Gasteiger partial charge in [0.15, 0.2) is 5.82 Å². The van der Waals surface area contributed by atoms with Gasteiger partial charge in [-0.25, -0.2) is 18.2 Å². The van der Waals surface area contributed by atoms with E-state index in [0.717, 1.165) is 38.5 Å². The zero-order chi connectivity index (χ0) is 41.1. The molecule has 16 nitrogen and oxygen atoms in total. The number of carbonyl (C=O) groups excluding carboxylic acids is 4. The number of aromatic nitrogens is 3. The Morgan fingerprint density at radius 1 is 1.03 bits per heavy atom. The third-order valence-electron chi connectivity index (χ3n) is 12.1. The van der Waals surface area contributed by atoms with Crippen molar-refractivity contribution in [2.75, 3.05) is 6.61 Å². The fourth-order valence-electron chi connectivity index (χ4n) is 8.66. The molecule has 3 aromatic heterocycles. The average Bonchev–Trinajstić information content (AvgIpc) is 4.02. The van der Waals surface area contributed by atoms with Crippen LogP contribution in [0.4, 0.5) is 4.79 Å². The number of nitrogens with zero attached hydrogens (tertiary/aromatic N) is 4. The minimum absolute atomic E-state index is 0.0265. The molecule has 5 aliphatic rings. The van der Waals surface area contributed by atoms with E-state index in [4.69, 9.17) is 19.4 Å². The number of rotatable bonds is 11. The molecule has 18 heteroatoms. The second kappa shape index (κ2) is 17.5. The summed E-state index contributed by atoms with van der Waals surface area (Å²) in [6, 6.07) is 4.19. The number of aliphatic hydroxyl groups excluding tert-OH is 1. The predicted molar refractivity (Wildman–Crippen MR) is 217 cm³/mol. The van der Waals surface area contributed by atoms with E-state index in [0.29, 0.717) is 47.4 Å². The van der Waals surface area contributed by atoms with Crippen molar-refractivity contribution >= 4 is 55.4 Å². The summed E-state index contributed by atoms with van der Waals surface area (Å²) >= 11 is 1.38. The monoisotopic (exact) mass is 849 g/mol. The maximum atomic E-state index is 15.1. The third-order valence-corrected chi connectivity index (χ3v) is 14.8. The zero-order valence-electron chi connectivity index (χ0n) is 32.8. The van der Waals surface area contributed by atoms with Gasteiger partial charge in [0.25, 0.3) is 5.91 Å². The maximum absolute atomic E-state index is 15.1. The third kappa shape index (κ3) is 9.09. The molecule has 5 heterocycles. The average molecular weight is 850 g/mol. The van der Waals surface area contributed by atoms with Crippen LogP contribution in [0.2, 0.25) is 0 Å². The Bertz CT molecular complexity index is 2180. The largest absolute Gasteiger partial charge is 0.471 e. The molecule has 0 aromatic carbocycles. The second-order valence-electron chi connectivity index (χ2n) is 16.3. The first-order valence-corrected chi connectivity index (χ1v) is 23.3. The van der Waals surface area contributed by atoms with Crippen molar-refractivity contribution in [3.05, 3.63) is 48.0 Å². The van der Waals surface area contributed by atoms with Gasteiger partial charge in [-0.15, -0.1) is 11.3 Å². The first-order valence-electron chi connectivity index (χ1n) is 20.8. The molecule has 0 radical (unpaired) electrons. The van der Waals surface area contributed by atoms with Crippen molar-refractivity contribution in [2.24, 2.45) is 5.92 Å². The van der Waals surface area contributed by atoms with Gasteiger partial charge in [0.2, 0.25) is 27.7 Å². The van der Waals surface area contributed by atoms with Gasteiger partial charge < -0.3 is 30.1 Å². The lowest BCUT2D eigenvalue weighted by Gasteiger charge is -2.34. The van der Waals surface area contributed by atoms with Crippen LogP contribution in [0.1, 0.15) is 96.3 Å². The summed E-state index contributed by atoms with van der Waals surface area (Å²) in [4.78, 5) is 72.6. The molecule has 3 aliphatic carbocycles. The molecule has 4 N–H and O–H groups in total. The molecule has 3 saturated carbocycles. The lowest BCUT2D eigenvalue weighted by molar-refractivity contribution is -0.143. The number of nitrogens with one attached hydrogen (secondary N) is 3. The standard InChI is InChI=1S/C41H51N7O9S2/c49-21-10-16-31-33(57-37-34-28(19-22-58-34)43-35(45-37)29-14-8-9-20-42-29)23-32-36(50)46-41(39(52)47-59(54,55)27-17-18-27)24-25(41)11-4-2-1-3-5-15-30(38(51)48(31)32)44-40(53)56-26-12-6-7-13-26/h4,8-9,11,14,19-20,22,25-27,30-33,49H,1-3,5-7,10,12-13,15-18,21,23-24H2,(H,44,53)(H,46,50)(H,47,52)/b11-4-/t25?,30?,31-,32?,33+,41?/m0/s1. The summed E-state index contributed by atoms with van der Waals surface area (Å²) in [5, 5.41) is 17.1. The van der Waals surface area contributed by atoms with Crippen LogP contribution in [0.5, 0.6) is 5.88 Å². The van der Waals surface area contributed by atoms with Crippen molar-refractivity contribution in [1.29, 1.82) is 0 Å². The number of amides is 4. The molecule has 4 amide bonds. The van der Waals surface area contributed by atoms with E-state index in [9.17, 15) is 27.9 Å². The fraction of sp³-hybridized carbons (Fsp3) is 0.585. The highest BCUT2D eigenvalue weighted by Gasteiger charge is 2.62. The summed E-state index contributed by atoms with van der Waals surface area (Å²) < 4.78 is 41.4. The van der Waals surface area contributed by atoms with E-state index in [2.05, 4.69) is 20.3 Å². The lowest BCUT2D eigenvalue weighted by atomic mass is 10.0. The molecule has 4 fully saturated rings. The van der Waals surface area contributed by atoms with Gasteiger partial charge in [-0.05, 0) is 101 Å². The van der Waals surface area contributed by atoms with E-state index in [1.807, 2.05) is 29.7 Å². The van der Waals surface area contributed by atoms with Crippen molar-refractivity contribution in [3.63, 3.8) is 0 Å². The smallest absolute Gasteiger partial charge is 0.408 e. The van der Waals surface area contributed by atoms with E-state index >= 15 is 4.79 Å². The molecular formula is C41H51N7O9S2. The topological polar surface area (TPSA) is 219 Å². The summed E-state index contributed by atoms with van der Waals surface area (Å²) in [5.74, 6) is -1.89. The Hall–Kier alpha value is -4.68. The molecular weight excluding hydrogens is 799 g/mol. The molecule has 59 heavy (non-hydrogen) atoms. The van der Waals surface area contributed by atoms with E-state index in [-0.39, 0.29) is 50.7 Å². The van der Waals surface area contributed by atoms with Crippen LogP contribution in [0.3, 0.4) is 0 Å². The molecule has 3 aromatic rings. The first kappa shape index (κ1) is 41.1. The number of hydrogen-bond donors (Lipinski definition) is 4. The highest BCUT2D eigenvalue weighted by molar-refractivity contribution is 7.91. The summed E-state index contributed by atoms with van der Waals surface area (Å²) in [5.41, 5.74) is -0.407. The minimum atomic E-state index is -3.93. The van der Waals surface area contributed by atoms with Crippen LogP contribution in [0.25, 0.3) is 21.7 Å². The van der Waals surface area contributed by atoms with E-state index in [1.165, 1.54) is 16.2 Å². The van der Waals surface area contributed by atoms with E-state index < -0.39 is 74.8 Å². The number of ether oxygens (including phenoxy) is 2. The number of thiophene rings is 1. The summed E-state index contributed by atoms with van der Waals surface area (Å²) in [7, 11) is -3.93. The van der Waals surface area contributed by atoms with Crippen molar-refractivity contribution in [3.8, 4) is 17.4 Å². The number of carbonyl (C=O) groups is 4. The predicted octanol–water partition coefficient (Wildman–Crippen LogP) is 4.28. The Morgan fingerprint density at radius 3 is 2.61 bits per heavy atom. The Balaban J connectivity index is 1.16. The molecule has 6 atom stereocenters. The first-order chi connectivity index (χ1) is 28.6. The Kier molecular flexibility index (Phi) is 12.2. The van der Waals surface area contributed by atoms with E-state index in [1.54, 1.807) is 18.3 Å². The lowest BCUT2D eigenvalue weighted by Crippen LogP contribution is -2.59. The fourth-order valence-corrected chi connectivity index (χ4v) is 10.8. The van der Waals surface area contributed by atoms with Gasteiger partial charge in [-0.3, -0.25) is 24.1 Å². The molecule has 4 unspecified atom stereocenters. The van der Waals surface area contributed by atoms with Crippen LogP contribution in [-0.2, 0) is 29.1 Å². The number of allylic oxidation sites excluding steroid dienone is 1. The molecule has 2 aliphatic heterocycles. The zero-order valence-corrected chi connectivity index (χ0v) is 34.4. The number of pyridine rings is 1. The normalized spacial score (nSPS) is 28.4. The maximum Gasteiger partial charge on any atom is 0.408 e. The van der Waals surface area contributed by atoms with Crippen LogP contribution >= 0.6 is 11.3 Å². The van der Waals surface area contributed by atoms with Gasteiger partial charge in [-0.2, -0.15) is 4.98 Å². The Morgan fingerprint density at radius 2 is 1.85 bits per heavy atom. The highest BCUT2D eigenvalue weighted by Crippen LogP contribution is 2.46. The van der Waals surface area contributed by atoms with Gasteiger partial charge >= 0.3 is 6.09 Å². The van der Waals surface area contributed by atoms with Gasteiger partial charge in [-0.1, -0.05) is 31.1 Å². The number of sulfonamides is 1. The van der Waals surface area contributed by atoms with Crippen molar-refractivity contribution in [1.82, 2.24) is 35.2 Å². The van der Waals surface area contributed by atoms with Gasteiger partial charge in [0.05, 0.1) is 16.8 Å². The van der Waals surface area contributed by atoms with Crippen LogP contribution in [-0.4, -0.2) is 105 Å². The number of alkyl carbamates (subject to hydrolysis) is 1.